The molecule has 2 amide bonds. The van der Waals surface area contributed by atoms with Crippen molar-refractivity contribution in [3.63, 3.8) is 0 Å². The number of nitrogens with one attached hydrogen (secondary N) is 2. The summed E-state index contributed by atoms with van der Waals surface area (Å²) in [6.45, 7) is 1.87. The van der Waals surface area contributed by atoms with Crippen LogP contribution < -0.4 is 10.6 Å². The number of nitrogens with zero attached hydrogens (tertiary/aromatic N) is 2. The van der Waals surface area contributed by atoms with Crippen LogP contribution in [0.4, 0.5) is 11.5 Å². The number of aryl methyl sites for hydroxylation is 1. The summed E-state index contributed by atoms with van der Waals surface area (Å²) in [4.78, 5) is 24.9. The van der Waals surface area contributed by atoms with Gasteiger partial charge in [-0.2, -0.15) is 5.10 Å². The largest absolute Gasteiger partial charge is 0.326 e. The maximum absolute atomic E-state index is 12.5. The fourth-order valence-electron chi connectivity index (χ4n) is 3.52. The van der Waals surface area contributed by atoms with E-state index in [4.69, 9.17) is 11.6 Å². The van der Waals surface area contributed by atoms with Gasteiger partial charge in [0.2, 0.25) is 11.8 Å². The topological polar surface area (TPSA) is 76.0 Å². The molecule has 29 heavy (non-hydrogen) atoms. The minimum absolute atomic E-state index is 0.0291. The molecule has 148 valence electrons. The molecular formula is C22H21ClN4O2. The van der Waals surface area contributed by atoms with E-state index in [2.05, 4.69) is 15.7 Å². The Labute approximate surface area is 173 Å². The van der Waals surface area contributed by atoms with Crippen molar-refractivity contribution in [3.05, 3.63) is 70.9 Å². The van der Waals surface area contributed by atoms with E-state index in [1.165, 1.54) is 0 Å². The van der Waals surface area contributed by atoms with Crippen molar-refractivity contribution in [2.24, 2.45) is 5.92 Å². The summed E-state index contributed by atoms with van der Waals surface area (Å²) in [7, 11) is 0. The van der Waals surface area contributed by atoms with Crippen LogP contribution in [0, 0.1) is 12.8 Å². The van der Waals surface area contributed by atoms with Crippen LogP contribution in [0.25, 0.3) is 5.69 Å². The summed E-state index contributed by atoms with van der Waals surface area (Å²) >= 11 is 5.95. The van der Waals surface area contributed by atoms with E-state index in [0.717, 1.165) is 22.6 Å². The number of hydrogen-bond acceptors (Lipinski definition) is 3. The first kappa shape index (κ1) is 19.2. The average molecular weight is 409 g/mol. The average Bonchev–Trinajstić information content (AvgIpc) is 3.07. The minimum atomic E-state index is -0.210. The van der Waals surface area contributed by atoms with Gasteiger partial charge in [0.05, 0.1) is 11.4 Å². The third kappa shape index (κ3) is 4.32. The molecule has 2 N–H and O–H groups in total. The molecule has 7 heteroatoms. The van der Waals surface area contributed by atoms with Crippen molar-refractivity contribution in [2.45, 2.75) is 26.2 Å². The number of hydrogen-bond donors (Lipinski definition) is 2. The lowest BCUT2D eigenvalue weighted by molar-refractivity contribution is -0.121. The summed E-state index contributed by atoms with van der Waals surface area (Å²) in [6.07, 6.45) is 1.39. The van der Waals surface area contributed by atoms with Crippen LogP contribution in [0.3, 0.4) is 0 Å². The van der Waals surface area contributed by atoms with Crippen molar-refractivity contribution in [1.29, 1.82) is 0 Å². The van der Waals surface area contributed by atoms with Crippen LogP contribution >= 0.6 is 11.6 Å². The molecule has 4 rings (SSSR count). The highest BCUT2D eigenvalue weighted by Crippen LogP contribution is 2.28. The molecule has 6 nitrogen and oxygen atoms in total. The van der Waals surface area contributed by atoms with Crippen LogP contribution in [0.1, 0.15) is 24.1 Å². The van der Waals surface area contributed by atoms with Gasteiger partial charge in [0.1, 0.15) is 5.82 Å². The van der Waals surface area contributed by atoms with Gasteiger partial charge in [-0.1, -0.05) is 29.8 Å². The summed E-state index contributed by atoms with van der Waals surface area (Å²) in [5.41, 5.74) is 3.56. The van der Waals surface area contributed by atoms with Gasteiger partial charge in [-0.15, -0.1) is 0 Å². The van der Waals surface area contributed by atoms with Gasteiger partial charge in [0.25, 0.3) is 0 Å². The normalized spacial score (nSPS) is 15.5. The molecule has 0 saturated heterocycles. The van der Waals surface area contributed by atoms with Crippen molar-refractivity contribution in [2.75, 3.05) is 10.6 Å². The van der Waals surface area contributed by atoms with Gasteiger partial charge in [-0.05, 0) is 55.7 Å². The molecule has 0 saturated carbocycles. The molecule has 0 spiro atoms. The van der Waals surface area contributed by atoms with Crippen molar-refractivity contribution in [3.8, 4) is 5.69 Å². The molecule has 1 atom stereocenters. The lowest BCUT2D eigenvalue weighted by Crippen LogP contribution is -2.30. The van der Waals surface area contributed by atoms with Crippen LogP contribution in [-0.2, 0) is 16.0 Å². The van der Waals surface area contributed by atoms with Crippen LogP contribution in [0.15, 0.2) is 54.6 Å². The van der Waals surface area contributed by atoms with E-state index in [1.54, 1.807) is 16.8 Å². The predicted molar refractivity (Wildman–Crippen MR) is 113 cm³/mol. The van der Waals surface area contributed by atoms with Gasteiger partial charge < -0.3 is 10.6 Å². The van der Waals surface area contributed by atoms with Gasteiger partial charge in [0, 0.05) is 29.1 Å². The van der Waals surface area contributed by atoms with Crippen LogP contribution in [-0.4, -0.2) is 21.6 Å². The standard InChI is InChI=1S/C22H21ClN4O2/c1-14-12-20(27(26-14)18-9-7-17(23)8-10-18)25-21(28)11-6-16-13-15-4-2-3-5-19(15)24-22(16)29/h2-5,7-10,12,16H,6,11,13H2,1H3,(H,24,29)(H,25,28). The smallest absolute Gasteiger partial charge is 0.227 e. The number of fused-ring (bicyclic) bond motifs is 1. The highest BCUT2D eigenvalue weighted by Gasteiger charge is 2.26. The minimum Gasteiger partial charge on any atom is -0.326 e. The van der Waals surface area contributed by atoms with E-state index in [1.807, 2.05) is 49.4 Å². The Balaban J connectivity index is 1.41. The Morgan fingerprint density at radius 2 is 2.00 bits per heavy atom. The zero-order chi connectivity index (χ0) is 20.4. The van der Waals surface area contributed by atoms with E-state index in [-0.39, 0.29) is 24.2 Å². The van der Waals surface area contributed by atoms with Gasteiger partial charge >= 0.3 is 0 Å². The zero-order valence-electron chi connectivity index (χ0n) is 16.0. The van der Waals surface area contributed by atoms with E-state index in [9.17, 15) is 9.59 Å². The fraction of sp³-hybridized carbons (Fsp3) is 0.227. The molecule has 3 aromatic rings. The molecule has 2 heterocycles. The third-order valence-corrected chi connectivity index (χ3v) is 5.25. The van der Waals surface area contributed by atoms with Crippen LogP contribution in [0.5, 0.6) is 0 Å². The van der Waals surface area contributed by atoms with E-state index >= 15 is 0 Å². The molecule has 0 bridgehead atoms. The van der Waals surface area contributed by atoms with Crippen molar-refractivity contribution >= 4 is 34.9 Å². The zero-order valence-corrected chi connectivity index (χ0v) is 16.7. The maximum Gasteiger partial charge on any atom is 0.227 e. The molecule has 1 aliphatic rings. The molecular weight excluding hydrogens is 388 g/mol. The number of amides is 2. The first-order chi connectivity index (χ1) is 14.0. The summed E-state index contributed by atoms with van der Waals surface area (Å²) in [6, 6.07) is 16.8. The molecule has 1 aliphatic heterocycles. The molecule has 1 aromatic heterocycles. The number of aromatic nitrogens is 2. The van der Waals surface area contributed by atoms with E-state index in [0.29, 0.717) is 23.7 Å². The number of anilines is 2. The summed E-state index contributed by atoms with van der Waals surface area (Å²) in [5.74, 6) is 0.206. The molecule has 0 radical (unpaired) electrons. The van der Waals surface area contributed by atoms with Crippen molar-refractivity contribution in [1.82, 2.24) is 9.78 Å². The molecule has 1 unspecified atom stereocenters. The number of carbonyl (C=O) groups excluding carboxylic acids is 2. The number of rotatable bonds is 5. The van der Waals surface area contributed by atoms with Crippen LogP contribution in [0.2, 0.25) is 5.02 Å². The molecule has 0 aliphatic carbocycles. The highest BCUT2D eigenvalue weighted by molar-refractivity contribution is 6.30. The Morgan fingerprint density at radius 1 is 1.24 bits per heavy atom. The quantitative estimate of drug-likeness (QED) is 0.658. The number of carbonyl (C=O) groups is 2. The Kier molecular flexibility index (Phi) is 5.36. The highest BCUT2D eigenvalue weighted by atomic mass is 35.5. The number of halogens is 1. The lowest BCUT2D eigenvalue weighted by atomic mass is 9.89. The first-order valence-corrected chi connectivity index (χ1v) is 9.88. The first-order valence-electron chi connectivity index (χ1n) is 9.51. The monoisotopic (exact) mass is 408 g/mol. The lowest BCUT2D eigenvalue weighted by Gasteiger charge is -2.24. The number of para-hydroxylation sites is 1. The fourth-order valence-corrected chi connectivity index (χ4v) is 3.65. The maximum atomic E-state index is 12.5. The predicted octanol–water partition coefficient (Wildman–Crippen LogP) is 4.36. The summed E-state index contributed by atoms with van der Waals surface area (Å²) < 4.78 is 1.67. The second-order valence-electron chi connectivity index (χ2n) is 7.19. The van der Waals surface area contributed by atoms with Gasteiger partial charge in [-0.3, -0.25) is 9.59 Å². The molecule has 0 fully saturated rings. The van der Waals surface area contributed by atoms with E-state index < -0.39 is 0 Å². The second-order valence-corrected chi connectivity index (χ2v) is 7.63. The Bertz CT molecular complexity index is 1060. The third-order valence-electron chi connectivity index (χ3n) is 5.00. The Hall–Kier alpha value is -3.12. The van der Waals surface area contributed by atoms with Gasteiger partial charge in [-0.25, -0.2) is 4.68 Å². The molecule has 2 aromatic carbocycles. The number of benzene rings is 2. The Morgan fingerprint density at radius 3 is 2.79 bits per heavy atom. The summed E-state index contributed by atoms with van der Waals surface area (Å²) in [5, 5.41) is 10.9. The second kappa shape index (κ2) is 8.09. The van der Waals surface area contributed by atoms with Crippen molar-refractivity contribution < 1.29 is 9.59 Å². The SMILES string of the molecule is Cc1cc(NC(=O)CCC2Cc3ccccc3NC2=O)n(-c2ccc(Cl)cc2)n1. The van der Waals surface area contributed by atoms with Gasteiger partial charge in [0.15, 0.2) is 0 Å².